The normalized spacial score (nSPS) is 12.3. The molecule has 0 amide bonds. The molecule has 0 aliphatic heterocycles. The number of hydrogen-bond acceptors (Lipinski definition) is 4. The molecule has 0 N–H and O–H groups in total. The highest BCUT2D eigenvalue weighted by molar-refractivity contribution is 8.82. The van der Waals surface area contributed by atoms with Crippen LogP contribution in [0.5, 0.6) is 0 Å². The largest absolute Gasteiger partial charge is 0.281 e. The molecule has 4 heteroatoms. The molecule has 1 aromatic heterocycles. The quantitative estimate of drug-likeness (QED) is 0.453. The van der Waals surface area contributed by atoms with Gasteiger partial charge in [0.2, 0.25) is 0 Å². The molecule has 0 saturated heterocycles. The summed E-state index contributed by atoms with van der Waals surface area (Å²) in [6.45, 7) is 2.11. The molecule has 0 aliphatic carbocycles. The molecule has 0 atom stereocenters. The number of hydrogen-bond donors (Lipinski definition) is 0. The molecule has 15 heavy (non-hydrogen) atoms. The third kappa shape index (κ3) is 5.04. The fraction of sp³-hybridized carbons (Fsp3) is 0.273. The highest BCUT2D eigenvalue weighted by Crippen LogP contribution is 2.30. The minimum Gasteiger partial charge on any atom is -0.281 e. The molecule has 80 valence electrons. The van der Waals surface area contributed by atoms with Crippen LogP contribution < -0.4 is 0 Å². The Morgan fingerprint density at radius 3 is 3.00 bits per heavy atom. The second kappa shape index (κ2) is 7.54. The van der Waals surface area contributed by atoms with Crippen LogP contribution in [0, 0.1) is 0 Å². The van der Waals surface area contributed by atoms with Gasteiger partial charge in [0.25, 0.3) is 0 Å². The standard InChI is InChI=1S/C11H14N2S2/c1-3-4-7-10(12-2)14-15-11-8-5-6-9-13-11/h4-9H,3H2,1-2H3/b7-4-,12-10+. The average Bonchev–Trinajstić information content (AvgIpc) is 2.31. The number of aromatic nitrogens is 1. The lowest BCUT2D eigenvalue weighted by atomic mass is 10.4. The third-order valence-electron chi connectivity index (χ3n) is 1.57. The maximum Gasteiger partial charge on any atom is 0.107 e. The Balaban J connectivity index is 2.45. The molecule has 1 rings (SSSR count). The highest BCUT2D eigenvalue weighted by Gasteiger charge is 1.98. The maximum absolute atomic E-state index is 4.23. The van der Waals surface area contributed by atoms with Gasteiger partial charge in [0.05, 0.1) is 0 Å². The molecule has 1 aromatic rings. The van der Waals surface area contributed by atoms with E-state index in [0.717, 1.165) is 16.5 Å². The van der Waals surface area contributed by atoms with E-state index in [1.165, 1.54) is 0 Å². The van der Waals surface area contributed by atoms with Crippen molar-refractivity contribution in [3.63, 3.8) is 0 Å². The second-order valence-electron chi connectivity index (χ2n) is 2.71. The van der Waals surface area contributed by atoms with Crippen LogP contribution in [0.4, 0.5) is 0 Å². The van der Waals surface area contributed by atoms with Crippen molar-refractivity contribution >= 4 is 26.6 Å². The molecular formula is C11H14N2S2. The molecule has 0 bridgehead atoms. The van der Waals surface area contributed by atoms with E-state index in [1.807, 2.05) is 24.3 Å². The lowest BCUT2D eigenvalue weighted by Gasteiger charge is -1.98. The fourth-order valence-corrected chi connectivity index (χ4v) is 2.67. The van der Waals surface area contributed by atoms with E-state index in [4.69, 9.17) is 0 Å². The van der Waals surface area contributed by atoms with Crippen molar-refractivity contribution in [1.29, 1.82) is 0 Å². The van der Waals surface area contributed by atoms with E-state index < -0.39 is 0 Å². The van der Waals surface area contributed by atoms with Crippen LogP contribution in [0.1, 0.15) is 13.3 Å². The molecule has 1 heterocycles. The summed E-state index contributed by atoms with van der Waals surface area (Å²) in [5.41, 5.74) is 0. The van der Waals surface area contributed by atoms with Crippen LogP contribution in [0.15, 0.2) is 46.6 Å². The first-order valence-electron chi connectivity index (χ1n) is 4.75. The van der Waals surface area contributed by atoms with E-state index in [2.05, 4.69) is 23.0 Å². The summed E-state index contributed by atoms with van der Waals surface area (Å²) in [5.74, 6) is 0. The lowest BCUT2D eigenvalue weighted by molar-refractivity contribution is 1.14. The first-order chi connectivity index (χ1) is 7.36. The van der Waals surface area contributed by atoms with Crippen LogP contribution in [0.3, 0.4) is 0 Å². The monoisotopic (exact) mass is 238 g/mol. The Kier molecular flexibility index (Phi) is 6.20. The summed E-state index contributed by atoms with van der Waals surface area (Å²) in [4.78, 5) is 8.41. The van der Waals surface area contributed by atoms with Crippen molar-refractivity contribution in [2.45, 2.75) is 18.4 Å². The van der Waals surface area contributed by atoms with Gasteiger partial charge in [-0.05, 0) is 46.2 Å². The number of rotatable bonds is 4. The fourth-order valence-electron chi connectivity index (χ4n) is 0.840. The molecule has 0 saturated carbocycles. The van der Waals surface area contributed by atoms with Gasteiger partial charge in [-0.3, -0.25) is 4.99 Å². The van der Waals surface area contributed by atoms with Crippen LogP contribution in [-0.4, -0.2) is 17.1 Å². The van der Waals surface area contributed by atoms with Crippen molar-refractivity contribution in [2.24, 2.45) is 4.99 Å². The van der Waals surface area contributed by atoms with Crippen molar-refractivity contribution in [3.8, 4) is 0 Å². The maximum atomic E-state index is 4.23. The van der Waals surface area contributed by atoms with Gasteiger partial charge in [0.1, 0.15) is 10.1 Å². The van der Waals surface area contributed by atoms with E-state index in [1.54, 1.807) is 34.8 Å². The van der Waals surface area contributed by atoms with Crippen LogP contribution >= 0.6 is 21.6 Å². The van der Waals surface area contributed by atoms with Crippen molar-refractivity contribution in [1.82, 2.24) is 4.98 Å². The molecule has 0 spiro atoms. The molecule has 0 radical (unpaired) electrons. The van der Waals surface area contributed by atoms with Crippen LogP contribution in [0.25, 0.3) is 0 Å². The summed E-state index contributed by atoms with van der Waals surface area (Å²) in [7, 11) is 5.07. The zero-order valence-corrected chi connectivity index (χ0v) is 10.5. The van der Waals surface area contributed by atoms with E-state index >= 15 is 0 Å². The first kappa shape index (κ1) is 12.3. The topological polar surface area (TPSA) is 25.2 Å². The Hall–Kier alpha value is -0.740. The van der Waals surface area contributed by atoms with Crippen molar-refractivity contribution < 1.29 is 0 Å². The molecule has 2 nitrogen and oxygen atoms in total. The third-order valence-corrected chi connectivity index (χ3v) is 3.83. The summed E-state index contributed by atoms with van der Waals surface area (Å²) in [6, 6.07) is 5.90. The zero-order chi connectivity index (χ0) is 10.9. The summed E-state index contributed by atoms with van der Waals surface area (Å²) in [5, 5.41) is 2.03. The van der Waals surface area contributed by atoms with Gasteiger partial charge in [-0.15, -0.1) is 0 Å². The van der Waals surface area contributed by atoms with Crippen molar-refractivity contribution in [2.75, 3.05) is 7.05 Å². The minimum absolute atomic E-state index is 1.01. The first-order valence-corrected chi connectivity index (χ1v) is 6.90. The van der Waals surface area contributed by atoms with Gasteiger partial charge in [-0.25, -0.2) is 4.98 Å². The SMILES string of the molecule is CC/C=C\C(=N/C)SSc1ccccn1. The summed E-state index contributed by atoms with van der Waals surface area (Å²) < 4.78 is 0. The Morgan fingerprint density at radius 1 is 1.53 bits per heavy atom. The predicted molar refractivity (Wildman–Crippen MR) is 70.5 cm³/mol. The summed E-state index contributed by atoms with van der Waals surface area (Å²) in [6.07, 6.45) is 6.98. The van der Waals surface area contributed by atoms with Crippen molar-refractivity contribution in [3.05, 3.63) is 36.5 Å². The van der Waals surface area contributed by atoms with E-state index in [-0.39, 0.29) is 0 Å². The van der Waals surface area contributed by atoms with E-state index in [0.29, 0.717) is 0 Å². The van der Waals surface area contributed by atoms with Gasteiger partial charge in [-0.2, -0.15) is 0 Å². The highest BCUT2D eigenvalue weighted by atomic mass is 33.1. The minimum atomic E-state index is 1.01. The van der Waals surface area contributed by atoms with Crippen LogP contribution in [0.2, 0.25) is 0 Å². The second-order valence-corrected chi connectivity index (χ2v) is 4.88. The zero-order valence-electron chi connectivity index (χ0n) is 8.88. The molecule has 0 unspecified atom stereocenters. The molecule has 0 aromatic carbocycles. The van der Waals surface area contributed by atoms with Gasteiger partial charge in [-0.1, -0.05) is 19.1 Å². The van der Waals surface area contributed by atoms with Gasteiger partial charge in [0.15, 0.2) is 0 Å². The number of pyridine rings is 1. The Labute approximate surface area is 98.7 Å². The average molecular weight is 238 g/mol. The number of nitrogens with zero attached hydrogens (tertiary/aromatic N) is 2. The van der Waals surface area contributed by atoms with Gasteiger partial charge >= 0.3 is 0 Å². The Morgan fingerprint density at radius 2 is 2.40 bits per heavy atom. The lowest BCUT2D eigenvalue weighted by Crippen LogP contribution is -1.83. The number of allylic oxidation sites excluding steroid dienone is 1. The molecule has 0 aliphatic rings. The predicted octanol–water partition coefficient (Wildman–Crippen LogP) is 3.82. The van der Waals surface area contributed by atoms with Gasteiger partial charge in [0, 0.05) is 13.2 Å². The number of aliphatic imine (C=N–C) groups is 1. The van der Waals surface area contributed by atoms with Gasteiger partial charge < -0.3 is 0 Å². The Bertz CT molecular complexity index is 334. The van der Waals surface area contributed by atoms with E-state index in [9.17, 15) is 0 Å². The smallest absolute Gasteiger partial charge is 0.107 e. The van der Waals surface area contributed by atoms with Crippen LogP contribution in [-0.2, 0) is 0 Å². The molecular weight excluding hydrogens is 224 g/mol. The molecule has 0 fully saturated rings. The summed E-state index contributed by atoms with van der Waals surface area (Å²) >= 11 is 0.